The highest BCUT2D eigenvalue weighted by atomic mass is 16.5. The number of nitrogens with one attached hydrogen (secondary N) is 2. The molecule has 2 unspecified atom stereocenters. The minimum atomic E-state index is -0.663. The Labute approximate surface area is 168 Å². The van der Waals surface area contributed by atoms with E-state index >= 15 is 0 Å². The molecule has 1 aliphatic heterocycles. The van der Waals surface area contributed by atoms with E-state index in [4.69, 9.17) is 0 Å². The Kier molecular flexibility index (Phi) is 6.40. The normalized spacial score (nSPS) is 22.7. The summed E-state index contributed by atoms with van der Waals surface area (Å²) in [5.74, 6) is -0.703. The summed E-state index contributed by atoms with van der Waals surface area (Å²) < 4.78 is 4.50. The second-order valence-electron chi connectivity index (χ2n) is 7.38. The number of carbonyl (C=O) groups is 4. The number of methoxy groups -OCH3 is 1. The highest BCUT2D eigenvalue weighted by molar-refractivity contribution is 5.95. The van der Waals surface area contributed by atoms with Gasteiger partial charge in [-0.05, 0) is 31.6 Å². The van der Waals surface area contributed by atoms with Crippen LogP contribution in [0.5, 0.6) is 0 Å². The number of hydrogen-bond donors (Lipinski definition) is 2. The monoisotopic (exact) mass is 403 g/mol. The smallest absolute Gasteiger partial charge is 0.358 e. The van der Waals surface area contributed by atoms with E-state index in [1.54, 1.807) is 0 Å². The topological polar surface area (TPSA) is 131 Å². The van der Waals surface area contributed by atoms with Crippen LogP contribution in [0.15, 0.2) is 12.4 Å². The first-order chi connectivity index (χ1) is 13.9. The fourth-order valence-electron chi connectivity index (χ4n) is 4.15. The minimum Gasteiger partial charge on any atom is -0.464 e. The van der Waals surface area contributed by atoms with Gasteiger partial charge in [-0.2, -0.15) is 0 Å². The average molecular weight is 403 g/mol. The van der Waals surface area contributed by atoms with Crippen molar-refractivity contribution in [1.29, 1.82) is 0 Å². The number of likely N-dealkylation sites (tertiary alicyclic amines) is 1. The molecule has 0 aromatic carbocycles. The first-order valence-corrected chi connectivity index (χ1v) is 9.65. The Bertz CT molecular complexity index is 797. The van der Waals surface area contributed by atoms with Gasteiger partial charge < -0.3 is 20.3 Å². The summed E-state index contributed by atoms with van der Waals surface area (Å²) in [5, 5.41) is 4.94. The molecule has 0 bridgehead atoms. The molecule has 1 saturated heterocycles. The van der Waals surface area contributed by atoms with Crippen molar-refractivity contribution in [1.82, 2.24) is 25.5 Å². The van der Waals surface area contributed by atoms with E-state index in [0.717, 1.165) is 25.4 Å². The summed E-state index contributed by atoms with van der Waals surface area (Å²) in [5.41, 5.74) is -0.0699. The van der Waals surface area contributed by atoms with Crippen molar-refractivity contribution in [2.75, 3.05) is 26.7 Å². The molecule has 10 heteroatoms. The molecule has 2 aliphatic rings. The average Bonchev–Trinajstić information content (AvgIpc) is 3.32. The van der Waals surface area contributed by atoms with Crippen molar-refractivity contribution in [3.8, 4) is 0 Å². The van der Waals surface area contributed by atoms with Crippen LogP contribution < -0.4 is 10.6 Å². The number of ether oxygens (including phenoxy) is 1. The van der Waals surface area contributed by atoms with Crippen molar-refractivity contribution < 1.29 is 23.9 Å². The van der Waals surface area contributed by atoms with Crippen LogP contribution in [0.25, 0.3) is 0 Å². The third-order valence-corrected chi connectivity index (χ3v) is 5.71. The number of fused-ring (bicyclic) bond motifs is 1. The lowest BCUT2D eigenvalue weighted by Crippen LogP contribution is -2.45. The SMILES string of the molecule is COC(=O)c1cnc(C(=O)NCC(=O)NCC(=O)N2CC3CCCC3[C@H]2C)cn1. The highest BCUT2D eigenvalue weighted by Gasteiger charge is 2.43. The van der Waals surface area contributed by atoms with Gasteiger partial charge in [-0.3, -0.25) is 14.4 Å². The minimum absolute atomic E-state index is 0.0272. The van der Waals surface area contributed by atoms with Gasteiger partial charge in [-0.1, -0.05) is 6.42 Å². The molecule has 3 rings (SSSR count). The number of nitrogens with zero attached hydrogens (tertiary/aromatic N) is 3. The van der Waals surface area contributed by atoms with Crippen LogP contribution in [-0.4, -0.2) is 71.3 Å². The number of aromatic nitrogens is 2. The predicted octanol–water partition coefficient (Wildman–Crippen LogP) is -0.244. The third-order valence-electron chi connectivity index (χ3n) is 5.71. The van der Waals surface area contributed by atoms with Gasteiger partial charge in [0.1, 0.15) is 5.69 Å². The van der Waals surface area contributed by atoms with Crippen LogP contribution in [0, 0.1) is 11.8 Å². The summed E-state index contributed by atoms with van der Waals surface area (Å²) in [6, 6.07) is 0.207. The predicted molar refractivity (Wildman–Crippen MR) is 101 cm³/mol. The zero-order chi connectivity index (χ0) is 21.0. The number of esters is 1. The molecule has 156 valence electrons. The lowest BCUT2D eigenvalue weighted by Gasteiger charge is -2.24. The Balaban J connectivity index is 1.41. The Morgan fingerprint density at radius 1 is 1.10 bits per heavy atom. The Morgan fingerprint density at radius 2 is 1.83 bits per heavy atom. The van der Waals surface area contributed by atoms with Gasteiger partial charge in [0.15, 0.2) is 5.69 Å². The molecular formula is C19H25N5O5. The molecule has 2 N–H and O–H groups in total. The molecule has 1 aliphatic carbocycles. The first kappa shape index (κ1) is 20.7. The number of amides is 3. The quantitative estimate of drug-likeness (QED) is 0.627. The van der Waals surface area contributed by atoms with Crippen molar-refractivity contribution in [2.45, 2.75) is 32.2 Å². The van der Waals surface area contributed by atoms with E-state index in [2.05, 4.69) is 32.3 Å². The molecule has 1 saturated carbocycles. The number of rotatable bonds is 6. The molecule has 29 heavy (non-hydrogen) atoms. The van der Waals surface area contributed by atoms with Crippen LogP contribution in [0.2, 0.25) is 0 Å². The van der Waals surface area contributed by atoms with Gasteiger partial charge >= 0.3 is 5.97 Å². The van der Waals surface area contributed by atoms with Crippen molar-refractivity contribution in [3.63, 3.8) is 0 Å². The lowest BCUT2D eigenvalue weighted by atomic mass is 9.95. The van der Waals surface area contributed by atoms with Crippen LogP contribution in [0.3, 0.4) is 0 Å². The van der Waals surface area contributed by atoms with Crippen molar-refractivity contribution in [3.05, 3.63) is 23.8 Å². The molecule has 3 atom stereocenters. The summed E-state index contributed by atoms with van der Waals surface area (Å²) in [6.07, 6.45) is 5.80. The number of carbonyl (C=O) groups excluding carboxylic acids is 4. The maximum absolute atomic E-state index is 12.4. The van der Waals surface area contributed by atoms with Crippen LogP contribution >= 0.6 is 0 Å². The van der Waals surface area contributed by atoms with Gasteiger partial charge in [0, 0.05) is 12.6 Å². The van der Waals surface area contributed by atoms with Crippen LogP contribution in [0.1, 0.15) is 47.2 Å². The maximum Gasteiger partial charge on any atom is 0.358 e. The lowest BCUT2D eigenvalue weighted by molar-refractivity contribution is -0.133. The summed E-state index contributed by atoms with van der Waals surface area (Å²) in [6.45, 7) is 2.44. The van der Waals surface area contributed by atoms with E-state index in [1.807, 2.05) is 4.90 Å². The van der Waals surface area contributed by atoms with E-state index in [9.17, 15) is 19.2 Å². The molecule has 0 spiro atoms. The van der Waals surface area contributed by atoms with E-state index in [0.29, 0.717) is 11.8 Å². The second kappa shape index (κ2) is 8.97. The largest absolute Gasteiger partial charge is 0.464 e. The molecule has 1 aromatic rings. The molecular weight excluding hydrogens is 378 g/mol. The molecule has 0 radical (unpaired) electrons. The molecule has 3 amide bonds. The van der Waals surface area contributed by atoms with Crippen molar-refractivity contribution >= 4 is 23.7 Å². The van der Waals surface area contributed by atoms with Crippen LogP contribution in [-0.2, 0) is 14.3 Å². The molecule has 10 nitrogen and oxygen atoms in total. The Hall–Kier alpha value is -3.04. The molecule has 2 fully saturated rings. The summed E-state index contributed by atoms with van der Waals surface area (Å²) in [4.78, 5) is 57.2. The van der Waals surface area contributed by atoms with E-state index in [1.165, 1.54) is 20.0 Å². The van der Waals surface area contributed by atoms with Gasteiger partial charge in [-0.25, -0.2) is 14.8 Å². The fraction of sp³-hybridized carbons (Fsp3) is 0.579. The standard InChI is InChI=1S/C19H25N5O5/c1-11-13-5-3-4-12(13)10-24(11)17(26)9-22-16(25)8-23-18(27)14-6-21-15(7-20-14)19(28)29-2/h6-7,11-13H,3-5,8-10H2,1-2H3,(H,22,25)(H,23,27)/t11-,12?,13?/m1/s1. The fourth-order valence-corrected chi connectivity index (χ4v) is 4.15. The third kappa shape index (κ3) is 4.69. The zero-order valence-corrected chi connectivity index (χ0v) is 16.5. The van der Waals surface area contributed by atoms with E-state index < -0.39 is 17.8 Å². The highest BCUT2D eigenvalue weighted by Crippen LogP contribution is 2.41. The molecule has 1 aromatic heterocycles. The zero-order valence-electron chi connectivity index (χ0n) is 16.5. The summed E-state index contributed by atoms with van der Waals surface area (Å²) >= 11 is 0. The van der Waals surface area contributed by atoms with Gasteiger partial charge in [0.05, 0.1) is 32.6 Å². The second-order valence-corrected chi connectivity index (χ2v) is 7.38. The molecule has 2 heterocycles. The van der Waals surface area contributed by atoms with Gasteiger partial charge in [0.2, 0.25) is 11.8 Å². The summed E-state index contributed by atoms with van der Waals surface area (Å²) in [7, 11) is 1.21. The maximum atomic E-state index is 12.4. The Morgan fingerprint density at radius 3 is 2.48 bits per heavy atom. The van der Waals surface area contributed by atoms with Gasteiger partial charge in [0.25, 0.3) is 5.91 Å². The van der Waals surface area contributed by atoms with E-state index in [-0.39, 0.29) is 36.4 Å². The number of hydrogen-bond acceptors (Lipinski definition) is 7. The van der Waals surface area contributed by atoms with Gasteiger partial charge in [-0.15, -0.1) is 0 Å². The first-order valence-electron chi connectivity index (χ1n) is 9.65. The van der Waals surface area contributed by atoms with Crippen molar-refractivity contribution in [2.24, 2.45) is 11.8 Å². The van der Waals surface area contributed by atoms with Crippen LogP contribution in [0.4, 0.5) is 0 Å².